The first-order chi connectivity index (χ1) is 9.04. The highest BCUT2D eigenvalue weighted by atomic mass is 32.2. The van der Waals surface area contributed by atoms with E-state index in [4.69, 9.17) is 5.11 Å². The van der Waals surface area contributed by atoms with E-state index < -0.39 is 17.8 Å². The van der Waals surface area contributed by atoms with E-state index in [0.29, 0.717) is 6.54 Å². The molecule has 2 amide bonds. The van der Waals surface area contributed by atoms with Crippen molar-refractivity contribution in [3.63, 3.8) is 0 Å². The second-order valence-electron chi connectivity index (χ2n) is 3.72. The number of benzene rings is 1. The lowest BCUT2D eigenvalue weighted by atomic mass is 10.2. The molecule has 1 aromatic rings. The van der Waals surface area contributed by atoms with Gasteiger partial charge in [0.1, 0.15) is 5.82 Å². The molecule has 3 N–H and O–H groups in total. The Morgan fingerprint density at radius 3 is 2.79 bits per heavy atom. The van der Waals surface area contributed by atoms with E-state index in [1.54, 1.807) is 11.8 Å². The van der Waals surface area contributed by atoms with Crippen molar-refractivity contribution in [1.29, 1.82) is 0 Å². The van der Waals surface area contributed by atoms with Gasteiger partial charge in [-0.05, 0) is 36.6 Å². The summed E-state index contributed by atoms with van der Waals surface area (Å²) in [7, 11) is 0. The van der Waals surface area contributed by atoms with Gasteiger partial charge in [-0.3, -0.25) is 0 Å². The van der Waals surface area contributed by atoms with E-state index >= 15 is 0 Å². The number of amides is 2. The number of carboxylic acids is 1. The van der Waals surface area contributed by atoms with Gasteiger partial charge in [0, 0.05) is 6.54 Å². The Hall–Kier alpha value is -1.76. The summed E-state index contributed by atoms with van der Waals surface area (Å²) >= 11 is 1.67. The number of anilines is 1. The predicted octanol–water partition coefficient (Wildman–Crippen LogP) is 2.40. The first kappa shape index (κ1) is 15.3. The molecule has 5 nitrogen and oxygen atoms in total. The molecule has 7 heteroatoms. The Balaban J connectivity index is 2.62. The maximum absolute atomic E-state index is 13.0. The van der Waals surface area contributed by atoms with Crippen molar-refractivity contribution in [3.8, 4) is 0 Å². The summed E-state index contributed by atoms with van der Waals surface area (Å²) in [6, 6.07) is 2.57. The number of hydrogen-bond acceptors (Lipinski definition) is 3. The molecule has 0 atom stereocenters. The molecule has 104 valence electrons. The lowest BCUT2D eigenvalue weighted by Gasteiger charge is -2.09. The Bertz CT molecular complexity index is 468. The third kappa shape index (κ3) is 5.17. The van der Waals surface area contributed by atoms with E-state index in [1.807, 2.05) is 6.26 Å². The van der Waals surface area contributed by atoms with Gasteiger partial charge in [-0.15, -0.1) is 0 Å². The highest BCUT2D eigenvalue weighted by Gasteiger charge is 2.13. The Kier molecular flexibility index (Phi) is 6.14. The number of rotatable bonds is 6. The van der Waals surface area contributed by atoms with Gasteiger partial charge in [0.2, 0.25) is 0 Å². The fourth-order valence-electron chi connectivity index (χ4n) is 1.39. The maximum atomic E-state index is 13.0. The Morgan fingerprint density at radius 1 is 1.42 bits per heavy atom. The van der Waals surface area contributed by atoms with E-state index in [2.05, 4.69) is 10.6 Å². The number of carbonyl (C=O) groups is 2. The van der Waals surface area contributed by atoms with Crippen LogP contribution in [-0.2, 0) is 0 Å². The molecule has 0 saturated heterocycles. The molecule has 1 aromatic carbocycles. The first-order valence-electron chi connectivity index (χ1n) is 5.61. The molecule has 0 heterocycles. The molecule has 0 aromatic heterocycles. The largest absolute Gasteiger partial charge is 0.478 e. The first-order valence-corrected chi connectivity index (χ1v) is 7.00. The molecule has 1 rings (SSSR count). The van der Waals surface area contributed by atoms with Crippen molar-refractivity contribution in [1.82, 2.24) is 5.32 Å². The van der Waals surface area contributed by atoms with Crippen LogP contribution in [0.15, 0.2) is 18.2 Å². The Morgan fingerprint density at radius 2 is 2.16 bits per heavy atom. The van der Waals surface area contributed by atoms with Crippen LogP contribution in [0.25, 0.3) is 0 Å². The van der Waals surface area contributed by atoms with Crippen molar-refractivity contribution in [2.45, 2.75) is 6.42 Å². The summed E-state index contributed by atoms with van der Waals surface area (Å²) < 4.78 is 13.0. The van der Waals surface area contributed by atoms with Crippen LogP contribution in [0.1, 0.15) is 16.8 Å². The summed E-state index contributed by atoms with van der Waals surface area (Å²) in [6.45, 7) is 0.477. The summed E-state index contributed by atoms with van der Waals surface area (Å²) in [6.07, 6.45) is 2.77. The molecule has 0 fully saturated rings. The molecule has 0 aliphatic rings. The third-order valence-electron chi connectivity index (χ3n) is 2.27. The van der Waals surface area contributed by atoms with E-state index in [0.717, 1.165) is 30.4 Å². The zero-order valence-corrected chi connectivity index (χ0v) is 11.2. The van der Waals surface area contributed by atoms with Gasteiger partial charge in [0.05, 0.1) is 11.3 Å². The number of urea groups is 1. The van der Waals surface area contributed by atoms with Crippen molar-refractivity contribution < 1.29 is 19.1 Å². The summed E-state index contributed by atoms with van der Waals surface area (Å²) in [5.41, 5.74) is -0.212. The van der Waals surface area contributed by atoms with Crippen molar-refractivity contribution in [3.05, 3.63) is 29.6 Å². The second kappa shape index (κ2) is 7.63. The van der Waals surface area contributed by atoms with Crippen LogP contribution < -0.4 is 10.6 Å². The van der Waals surface area contributed by atoms with Crippen LogP contribution in [0, 0.1) is 5.82 Å². The van der Waals surface area contributed by atoms with Crippen molar-refractivity contribution >= 4 is 29.4 Å². The molecule has 0 unspecified atom stereocenters. The van der Waals surface area contributed by atoms with E-state index in [-0.39, 0.29) is 11.3 Å². The molecule has 0 spiro atoms. The van der Waals surface area contributed by atoms with Crippen LogP contribution in [0.4, 0.5) is 14.9 Å². The van der Waals surface area contributed by atoms with E-state index in [1.165, 1.54) is 0 Å². The fraction of sp³-hybridized carbons (Fsp3) is 0.333. The highest BCUT2D eigenvalue weighted by molar-refractivity contribution is 7.98. The molecule has 0 aliphatic carbocycles. The lowest BCUT2D eigenvalue weighted by Crippen LogP contribution is -2.30. The van der Waals surface area contributed by atoms with Gasteiger partial charge in [0.25, 0.3) is 0 Å². The zero-order valence-electron chi connectivity index (χ0n) is 10.4. The van der Waals surface area contributed by atoms with Gasteiger partial charge in [-0.2, -0.15) is 11.8 Å². The molecular weight excluding hydrogens is 271 g/mol. The number of aromatic carboxylic acids is 1. The summed E-state index contributed by atoms with van der Waals surface area (Å²) in [5, 5.41) is 13.8. The molecule has 0 radical (unpaired) electrons. The standard InChI is InChI=1S/C12H15FN2O3S/c1-19-6-2-5-14-12(18)15-10-7-8(13)3-4-9(10)11(16)17/h3-4,7H,2,5-6H2,1H3,(H,16,17)(H2,14,15,18). The SMILES string of the molecule is CSCCCNC(=O)Nc1cc(F)ccc1C(=O)O. The zero-order chi connectivity index (χ0) is 14.3. The van der Waals surface area contributed by atoms with Crippen molar-refractivity contribution in [2.24, 2.45) is 0 Å². The van der Waals surface area contributed by atoms with Gasteiger partial charge in [-0.25, -0.2) is 14.0 Å². The van der Waals surface area contributed by atoms with Gasteiger partial charge < -0.3 is 15.7 Å². The molecule has 0 bridgehead atoms. The number of thioether (sulfide) groups is 1. The molecule has 0 saturated carbocycles. The average Bonchev–Trinajstić information content (AvgIpc) is 2.34. The predicted molar refractivity (Wildman–Crippen MR) is 73.4 cm³/mol. The quantitative estimate of drug-likeness (QED) is 0.702. The van der Waals surface area contributed by atoms with E-state index in [9.17, 15) is 14.0 Å². The number of halogens is 1. The normalized spacial score (nSPS) is 10.0. The fourth-order valence-corrected chi connectivity index (χ4v) is 1.82. The maximum Gasteiger partial charge on any atom is 0.337 e. The lowest BCUT2D eigenvalue weighted by molar-refractivity contribution is 0.0698. The average molecular weight is 286 g/mol. The topological polar surface area (TPSA) is 78.4 Å². The molecule has 0 aliphatic heterocycles. The summed E-state index contributed by atoms with van der Waals surface area (Å²) in [5.74, 6) is -0.916. The molecule has 19 heavy (non-hydrogen) atoms. The smallest absolute Gasteiger partial charge is 0.337 e. The van der Waals surface area contributed by atoms with Crippen molar-refractivity contribution in [2.75, 3.05) is 23.9 Å². The van der Waals surface area contributed by atoms with Crippen LogP contribution in [-0.4, -0.2) is 35.7 Å². The minimum absolute atomic E-state index is 0.0603. The number of nitrogens with one attached hydrogen (secondary N) is 2. The third-order valence-corrected chi connectivity index (χ3v) is 2.97. The number of hydrogen-bond donors (Lipinski definition) is 3. The monoisotopic (exact) mass is 286 g/mol. The molecular formula is C12H15FN2O3S. The Labute approximate surface area is 114 Å². The second-order valence-corrected chi connectivity index (χ2v) is 4.71. The van der Waals surface area contributed by atoms with Crippen LogP contribution in [0.5, 0.6) is 0 Å². The van der Waals surface area contributed by atoms with Crippen LogP contribution in [0.3, 0.4) is 0 Å². The highest BCUT2D eigenvalue weighted by Crippen LogP contribution is 2.17. The van der Waals surface area contributed by atoms with Crippen LogP contribution in [0.2, 0.25) is 0 Å². The van der Waals surface area contributed by atoms with Gasteiger partial charge >= 0.3 is 12.0 Å². The summed E-state index contributed by atoms with van der Waals surface area (Å²) in [4.78, 5) is 22.4. The van der Waals surface area contributed by atoms with Gasteiger partial charge in [0.15, 0.2) is 0 Å². The number of carboxylic acid groups (broad SMARTS) is 1. The van der Waals surface area contributed by atoms with Crippen LogP contribution >= 0.6 is 11.8 Å². The number of carbonyl (C=O) groups excluding carboxylic acids is 1. The minimum atomic E-state index is -1.22. The minimum Gasteiger partial charge on any atom is -0.478 e. The van der Waals surface area contributed by atoms with Gasteiger partial charge in [-0.1, -0.05) is 0 Å².